The highest BCUT2D eigenvalue weighted by Crippen LogP contribution is 2.23. The number of hydrogen-bond acceptors (Lipinski definition) is 2. The average Bonchev–Trinajstić information content (AvgIpc) is 2.29. The summed E-state index contributed by atoms with van der Waals surface area (Å²) in [5, 5.41) is 3.43. The van der Waals surface area contributed by atoms with Gasteiger partial charge in [0, 0.05) is 6.04 Å². The van der Waals surface area contributed by atoms with Crippen molar-refractivity contribution in [3.05, 3.63) is 29.8 Å². The topological polar surface area (TPSA) is 21.3 Å². The summed E-state index contributed by atoms with van der Waals surface area (Å²) in [7, 11) is 2.05. The second kappa shape index (κ2) is 6.95. The summed E-state index contributed by atoms with van der Waals surface area (Å²) < 4.78 is 5.66. The standard InChI is InChI=1S/C17H29NO/c1-13(2)19-15-10-7-14(8-11-15)9-12-16(18-6)17(3,4)5/h7-8,10-11,13,16,18H,9,12H2,1-6H3. The molecule has 2 heteroatoms. The van der Waals surface area contributed by atoms with Crippen molar-refractivity contribution in [2.75, 3.05) is 7.05 Å². The van der Waals surface area contributed by atoms with Gasteiger partial charge in [-0.05, 0) is 56.8 Å². The molecule has 0 aliphatic heterocycles. The van der Waals surface area contributed by atoms with Crippen LogP contribution in [0.15, 0.2) is 24.3 Å². The van der Waals surface area contributed by atoms with Crippen LogP contribution in [0.1, 0.15) is 46.6 Å². The van der Waals surface area contributed by atoms with Gasteiger partial charge in [-0.1, -0.05) is 32.9 Å². The largest absolute Gasteiger partial charge is 0.491 e. The molecule has 0 radical (unpaired) electrons. The number of hydrogen-bond donors (Lipinski definition) is 1. The molecule has 2 nitrogen and oxygen atoms in total. The lowest BCUT2D eigenvalue weighted by atomic mass is 9.83. The Balaban J connectivity index is 2.54. The molecule has 1 rings (SSSR count). The molecule has 0 fully saturated rings. The Morgan fingerprint density at radius 3 is 2.11 bits per heavy atom. The third-order valence-electron chi connectivity index (χ3n) is 3.41. The molecular weight excluding hydrogens is 234 g/mol. The maximum absolute atomic E-state index is 5.66. The molecule has 0 bridgehead atoms. The third kappa shape index (κ3) is 5.65. The molecule has 1 aromatic rings. The molecule has 108 valence electrons. The minimum atomic E-state index is 0.236. The third-order valence-corrected chi connectivity index (χ3v) is 3.41. The van der Waals surface area contributed by atoms with Crippen molar-refractivity contribution < 1.29 is 4.74 Å². The number of nitrogens with one attached hydrogen (secondary N) is 1. The Morgan fingerprint density at radius 2 is 1.68 bits per heavy atom. The van der Waals surface area contributed by atoms with E-state index < -0.39 is 0 Å². The molecule has 0 aromatic heterocycles. The molecule has 1 N–H and O–H groups in total. The molecule has 1 atom stereocenters. The fourth-order valence-electron chi connectivity index (χ4n) is 2.33. The van der Waals surface area contributed by atoms with Crippen LogP contribution in [0.25, 0.3) is 0 Å². The van der Waals surface area contributed by atoms with Gasteiger partial charge in [-0.25, -0.2) is 0 Å². The molecule has 0 saturated heterocycles. The van der Waals surface area contributed by atoms with Gasteiger partial charge in [-0.3, -0.25) is 0 Å². The zero-order valence-electron chi connectivity index (χ0n) is 13.3. The quantitative estimate of drug-likeness (QED) is 0.836. The van der Waals surface area contributed by atoms with E-state index >= 15 is 0 Å². The molecular formula is C17H29NO. The van der Waals surface area contributed by atoms with Crippen molar-refractivity contribution in [2.24, 2.45) is 5.41 Å². The van der Waals surface area contributed by atoms with Crippen molar-refractivity contribution in [2.45, 2.75) is 59.6 Å². The smallest absolute Gasteiger partial charge is 0.119 e. The first kappa shape index (κ1) is 16.0. The van der Waals surface area contributed by atoms with Gasteiger partial charge in [0.05, 0.1) is 6.10 Å². The van der Waals surface area contributed by atoms with E-state index in [1.54, 1.807) is 0 Å². The second-order valence-electron chi connectivity index (χ2n) is 6.56. The number of aryl methyl sites for hydroxylation is 1. The lowest BCUT2D eigenvalue weighted by Crippen LogP contribution is -2.38. The van der Waals surface area contributed by atoms with E-state index in [0.29, 0.717) is 11.5 Å². The molecule has 19 heavy (non-hydrogen) atoms. The van der Waals surface area contributed by atoms with Crippen LogP contribution >= 0.6 is 0 Å². The van der Waals surface area contributed by atoms with E-state index in [4.69, 9.17) is 4.74 Å². The fourth-order valence-corrected chi connectivity index (χ4v) is 2.33. The number of ether oxygens (including phenoxy) is 1. The van der Waals surface area contributed by atoms with Crippen LogP contribution in [0.4, 0.5) is 0 Å². The molecule has 0 aliphatic rings. The number of rotatable bonds is 6. The summed E-state index contributed by atoms with van der Waals surface area (Å²) in [6.07, 6.45) is 2.50. The summed E-state index contributed by atoms with van der Waals surface area (Å²) in [4.78, 5) is 0. The van der Waals surface area contributed by atoms with Crippen molar-refractivity contribution in [1.29, 1.82) is 0 Å². The van der Waals surface area contributed by atoms with Crippen LogP contribution in [0, 0.1) is 5.41 Å². The first-order valence-electron chi connectivity index (χ1n) is 7.26. The van der Waals surface area contributed by atoms with Crippen molar-refractivity contribution in [3.63, 3.8) is 0 Å². The molecule has 1 unspecified atom stereocenters. The van der Waals surface area contributed by atoms with E-state index in [0.717, 1.165) is 18.6 Å². The average molecular weight is 263 g/mol. The van der Waals surface area contributed by atoms with Crippen LogP contribution in [0.3, 0.4) is 0 Å². The second-order valence-corrected chi connectivity index (χ2v) is 6.56. The van der Waals surface area contributed by atoms with Gasteiger partial charge < -0.3 is 10.1 Å². The highest BCUT2D eigenvalue weighted by molar-refractivity contribution is 5.27. The van der Waals surface area contributed by atoms with Crippen molar-refractivity contribution >= 4 is 0 Å². The predicted octanol–water partition coefficient (Wildman–Crippen LogP) is 4.04. The van der Waals surface area contributed by atoms with Crippen LogP contribution in [-0.4, -0.2) is 19.2 Å². The summed E-state index contributed by atoms with van der Waals surface area (Å²) in [5.74, 6) is 0.958. The first-order chi connectivity index (χ1) is 8.82. The van der Waals surface area contributed by atoms with Gasteiger partial charge in [-0.2, -0.15) is 0 Å². The molecule has 0 saturated carbocycles. The zero-order valence-corrected chi connectivity index (χ0v) is 13.3. The van der Waals surface area contributed by atoms with Crippen molar-refractivity contribution in [3.8, 4) is 5.75 Å². The highest BCUT2D eigenvalue weighted by Gasteiger charge is 2.22. The van der Waals surface area contributed by atoms with Gasteiger partial charge in [0.2, 0.25) is 0 Å². The van der Waals surface area contributed by atoms with Crippen LogP contribution in [-0.2, 0) is 6.42 Å². The van der Waals surface area contributed by atoms with Gasteiger partial charge in [0.25, 0.3) is 0 Å². The Hall–Kier alpha value is -1.02. The predicted molar refractivity (Wildman–Crippen MR) is 82.8 cm³/mol. The van der Waals surface area contributed by atoms with Crippen LogP contribution in [0.5, 0.6) is 5.75 Å². The molecule has 0 amide bonds. The van der Waals surface area contributed by atoms with E-state index in [1.165, 1.54) is 5.56 Å². The minimum absolute atomic E-state index is 0.236. The van der Waals surface area contributed by atoms with Gasteiger partial charge in [-0.15, -0.1) is 0 Å². The Morgan fingerprint density at radius 1 is 1.11 bits per heavy atom. The van der Waals surface area contributed by atoms with E-state index in [9.17, 15) is 0 Å². The lowest BCUT2D eigenvalue weighted by molar-refractivity contribution is 0.242. The number of benzene rings is 1. The maximum atomic E-state index is 5.66. The van der Waals surface area contributed by atoms with Gasteiger partial charge in [0.15, 0.2) is 0 Å². The Labute approximate surface area is 118 Å². The minimum Gasteiger partial charge on any atom is -0.491 e. The maximum Gasteiger partial charge on any atom is 0.119 e. The zero-order chi connectivity index (χ0) is 14.5. The fraction of sp³-hybridized carbons (Fsp3) is 0.647. The SMILES string of the molecule is CNC(CCc1ccc(OC(C)C)cc1)C(C)(C)C. The molecule has 1 aromatic carbocycles. The van der Waals surface area contributed by atoms with E-state index in [-0.39, 0.29) is 6.10 Å². The molecule has 0 spiro atoms. The van der Waals surface area contributed by atoms with E-state index in [1.807, 2.05) is 0 Å². The lowest BCUT2D eigenvalue weighted by Gasteiger charge is -2.30. The van der Waals surface area contributed by atoms with Crippen molar-refractivity contribution in [1.82, 2.24) is 5.32 Å². The summed E-state index contributed by atoms with van der Waals surface area (Å²) in [5.41, 5.74) is 1.68. The van der Waals surface area contributed by atoms with Gasteiger partial charge >= 0.3 is 0 Å². The first-order valence-corrected chi connectivity index (χ1v) is 7.26. The van der Waals surface area contributed by atoms with E-state index in [2.05, 4.69) is 71.2 Å². The summed E-state index contributed by atoms with van der Waals surface area (Å²) >= 11 is 0. The van der Waals surface area contributed by atoms with Crippen LogP contribution in [0.2, 0.25) is 0 Å². The highest BCUT2D eigenvalue weighted by atomic mass is 16.5. The summed E-state index contributed by atoms with van der Waals surface area (Å²) in [6.45, 7) is 11.0. The normalized spacial score (nSPS) is 13.6. The Kier molecular flexibility index (Phi) is 5.86. The monoisotopic (exact) mass is 263 g/mol. The molecule has 0 heterocycles. The summed E-state index contributed by atoms with van der Waals surface area (Å²) in [6, 6.07) is 9.03. The Bertz CT molecular complexity index is 362. The van der Waals surface area contributed by atoms with Crippen LogP contribution < -0.4 is 10.1 Å². The van der Waals surface area contributed by atoms with Gasteiger partial charge in [0.1, 0.15) is 5.75 Å². The molecule has 0 aliphatic carbocycles.